The number of rotatable bonds is 7. The van der Waals surface area contributed by atoms with Gasteiger partial charge in [-0.05, 0) is 25.0 Å². The Bertz CT molecular complexity index is 673. The van der Waals surface area contributed by atoms with Gasteiger partial charge in [0.05, 0.1) is 18.5 Å². The zero-order chi connectivity index (χ0) is 17.7. The van der Waals surface area contributed by atoms with Crippen LogP contribution >= 0.6 is 12.4 Å². The van der Waals surface area contributed by atoms with Crippen LogP contribution in [0.4, 0.5) is 0 Å². The third kappa shape index (κ3) is 5.21. The summed E-state index contributed by atoms with van der Waals surface area (Å²) < 4.78 is 7.49. The van der Waals surface area contributed by atoms with E-state index in [9.17, 15) is 4.79 Å². The molecule has 0 bridgehead atoms. The van der Waals surface area contributed by atoms with Crippen LogP contribution in [0.25, 0.3) is 5.69 Å². The number of amides is 1. The number of hydrogen-bond donors (Lipinski definition) is 1. The van der Waals surface area contributed by atoms with Gasteiger partial charge in [-0.3, -0.25) is 4.79 Å². The summed E-state index contributed by atoms with van der Waals surface area (Å²) in [7, 11) is 1.73. The molecule has 1 aromatic carbocycles. The first kappa shape index (κ1) is 21.0. The van der Waals surface area contributed by atoms with Crippen molar-refractivity contribution in [1.29, 1.82) is 0 Å². The molecule has 25 heavy (non-hydrogen) atoms. The maximum atomic E-state index is 12.8. The third-order valence-corrected chi connectivity index (χ3v) is 3.80. The van der Waals surface area contributed by atoms with E-state index >= 15 is 0 Å². The smallest absolute Gasteiger partial charge is 0.278 e. The van der Waals surface area contributed by atoms with Crippen LogP contribution in [0.15, 0.2) is 36.5 Å². The van der Waals surface area contributed by atoms with E-state index in [0.717, 1.165) is 5.69 Å². The molecule has 1 atom stereocenters. The molecule has 6 nitrogen and oxygen atoms in total. The summed E-state index contributed by atoms with van der Waals surface area (Å²) in [5, 5.41) is 4.46. The number of aromatic nitrogens is 2. The third-order valence-electron chi connectivity index (χ3n) is 3.80. The summed E-state index contributed by atoms with van der Waals surface area (Å²) in [4.78, 5) is 14.4. The first-order valence-electron chi connectivity index (χ1n) is 8.19. The summed E-state index contributed by atoms with van der Waals surface area (Å²) in [6.45, 7) is 6.94. The van der Waals surface area contributed by atoms with Crippen molar-refractivity contribution in [2.45, 2.75) is 26.8 Å². The number of carbonyl (C=O) groups is 1. The molecule has 0 fully saturated rings. The molecule has 0 aliphatic carbocycles. The lowest BCUT2D eigenvalue weighted by molar-refractivity contribution is 0.0737. The molecule has 1 amide bonds. The highest BCUT2D eigenvalue weighted by Gasteiger charge is 2.24. The number of benzene rings is 1. The fourth-order valence-electron chi connectivity index (χ4n) is 2.11. The molecule has 0 radical (unpaired) electrons. The van der Waals surface area contributed by atoms with Crippen LogP contribution in [0.5, 0.6) is 5.75 Å². The van der Waals surface area contributed by atoms with Crippen molar-refractivity contribution in [2.24, 2.45) is 11.7 Å². The van der Waals surface area contributed by atoms with Crippen LogP contribution in [0.3, 0.4) is 0 Å². The van der Waals surface area contributed by atoms with Gasteiger partial charge in [-0.15, -0.1) is 12.4 Å². The van der Waals surface area contributed by atoms with E-state index in [2.05, 4.69) is 18.9 Å². The van der Waals surface area contributed by atoms with E-state index in [-0.39, 0.29) is 24.4 Å². The number of nitrogens with two attached hydrogens (primary N) is 1. The predicted molar refractivity (Wildman–Crippen MR) is 102 cm³/mol. The Morgan fingerprint density at radius 1 is 1.28 bits per heavy atom. The lowest BCUT2D eigenvalue weighted by Crippen LogP contribution is -2.40. The highest BCUT2D eigenvalue weighted by atomic mass is 35.5. The Labute approximate surface area is 155 Å². The largest absolute Gasteiger partial charge is 0.489 e. The summed E-state index contributed by atoms with van der Waals surface area (Å²) in [6.07, 6.45) is 1.76. The number of halogens is 1. The first-order chi connectivity index (χ1) is 11.4. The molecule has 2 N–H and O–H groups in total. The van der Waals surface area contributed by atoms with Crippen molar-refractivity contribution in [3.63, 3.8) is 0 Å². The van der Waals surface area contributed by atoms with Crippen LogP contribution < -0.4 is 10.5 Å². The standard InChI is InChI=1S/C18H26N4O2.ClH/c1-13(2)12-24-16-11-22(15-8-6-5-7-9-15)20-17(16)18(23)21(4)14(3)10-19;/h5-9,11,13-14H,10,12,19H2,1-4H3;1H. The van der Waals surface area contributed by atoms with Gasteiger partial charge >= 0.3 is 0 Å². The normalized spacial score (nSPS) is 11.8. The van der Waals surface area contributed by atoms with Gasteiger partial charge in [-0.25, -0.2) is 4.68 Å². The van der Waals surface area contributed by atoms with Crippen LogP contribution in [0.1, 0.15) is 31.3 Å². The SMILES string of the molecule is CC(C)COc1cn(-c2ccccc2)nc1C(=O)N(C)C(C)CN.Cl. The average Bonchev–Trinajstić information content (AvgIpc) is 3.03. The van der Waals surface area contributed by atoms with Crippen molar-refractivity contribution >= 4 is 18.3 Å². The molecule has 0 aliphatic heterocycles. The Kier molecular flexibility index (Phi) is 7.93. The molecular weight excluding hydrogens is 340 g/mol. The molecule has 7 heteroatoms. The minimum absolute atomic E-state index is 0. The van der Waals surface area contributed by atoms with Gasteiger partial charge in [0.1, 0.15) is 0 Å². The second-order valence-electron chi connectivity index (χ2n) is 6.33. The summed E-state index contributed by atoms with van der Waals surface area (Å²) >= 11 is 0. The van der Waals surface area contributed by atoms with Crippen LogP contribution in [0.2, 0.25) is 0 Å². The number of hydrogen-bond acceptors (Lipinski definition) is 4. The van der Waals surface area contributed by atoms with E-state index in [1.807, 2.05) is 37.3 Å². The first-order valence-corrected chi connectivity index (χ1v) is 8.19. The fraction of sp³-hybridized carbons (Fsp3) is 0.444. The van der Waals surface area contributed by atoms with Crippen molar-refractivity contribution in [3.05, 3.63) is 42.2 Å². The Balaban J connectivity index is 0.00000312. The van der Waals surface area contributed by atoms with Crippen molar-refractivity contribution < 1.29 is 9.53 Å². The molecule has 138 valence electrons. The number of carbonyl (C=O) groups excluding carboxylic acids is 1. The van der Waals surface area contributed by atoms with E-state index in [4.69, 9.17) is 10.5 Å². The molecule has 0 saturated carbocycles. The van der Waals surface area contributed by atoms with Crippen LogP contribution in [0, 0.1) is 5.92 Å². The monoisotopic (exact) mass is 366 g/mol. The second-order valence-corrected chi connectivity index (χ2v) is 6.33. The Hall–Kier alpha value is -2.05. The van der Waals surface area contributed by atoms with E-state index in [1.54, 1.807) is 22.8 Å². The summed E-state index contributed by atoms with van der Waals surface area (Å²) in [5.41, 5.74) is 6.85. The second kappa shape index (κ2) is 9.44. The van der Waals surface area contributed by atoms with Crippen molar-refractivity contribution in [1.82, 2.24) is 14.7 Å². The zero-order valence-corrected chi connectivity index (χ0v) is 16.0. The molecule has 2 aromatic rings. The predicted octanol–water partition coefficient (Wildman–Crippen LogP) is 2.75. The maximum absolute atomic E-state index is 12.8. The molecule has 1 heterocycles. The molecule has 0 spiro atoms. The van der Waals surface area contributed by atoms with Gasteiger partial charge in [0.15, 0.2) is 11.4 Å². The van der Waals surface area contributed by atoms with E-state index in [0.29, 0.717) is 30.5 Å². The molecule has 0 aliphatic rings. The van der Waals surface area contributed by atoms with E-state index in [1.165, 1.54) is 0 Å². The number of likely N-dealkylation sites (N-methyl/N-ethyl adjacent to an activating group) is 1. The maximum Gasteiger partial charge on any atom is 0.278 e. The molecule has 1 aromatic heterocycles. The lowest BCUT2D eigenvalue weighted by atomic mass is 10.2. The van der Waals surface area contributed by atoms with Gasteiger partial charge in [-0.2, -0.15) is 5.10 Å². The lowest BCUT2D eigenvalue weighted by Gasteiger charge is -2.23. The molecular formula is C18H27ClN4O2. The van der Waals surface area contributed by atoms with Gasteiger partial charge in [0.25, 0.3) is 5.91 Å². The topological polar surface area (TPSA) is 73.4 Å². The van der Waals surface area contributed by atoms with Gasteiger partial charge in [0.2, 0.25) is 0 Å². The highest BCUT2D eigenvalue weighted by Crippen LogP contribution is 2.22. The number of para-hydroxylation sites is 1. The zero-order valence-electron chi connectivity index (χ0n) is 15.2. The van der Waals surface area contributed by atoms with Crippen molar-refractivity contribution in [2.75, 3.05) is 20.2 Å². The van der Waals surface area contributed by atoms with Gasteiger partial charge < -0.3 is 15.4 Å². The van der Waals surface area contributed by atoms with Gasteiger partial charge in [-0.1, -0.05) is 32.0 Å². The molecule has 2 rings (SSSR count). The minimum atomic E-state index is -0.193. The molecule has 0 saturated heterocycles. The minimum Gasteiger partial charge on any atom is -0.489 e. The Morgan fingerprint density at radius 2 is 1.92 bits per heavy atom. The fourth-order valence-corrected chi connectivity index (χ4v) is 2.11. The van der Waals surface area contributed by atoms with E-state index < -0.39 is 0 Å². The van der Waals surface area contributed by atoms with Gasteiger partial charge in [0, 0.05) is 19.6 Å². The number of nitrogens with zero attached hydrogens (tertiary/aromatic N) is 3. The molecule has 1 unspecified atom stereocenters. The summed E-state index contributed by atoms with van der Waals surface area (Å²) in [5.74, 6) is 0.656. The Morgan fingerprint density at radius 3 is 2.48 bits per heavy atom. The quantitative estimate of drug-likeness (QED) is 0.817. The van der Waals surface area contributed by atoms with Crippen molar-refractivity contribution in [3.8, 4) is 11.4 Å². The van der Waals surface area contributed by atoms with Crippen LogP contribution in [-0.4, -0.2) is 46.8 Å². The summed E-state index contributed by atoms with van der Waals surface area (Å²) in [6, 6.07) is 9.58. The van der Waals surface area contributed by atoms with Crippen LogP contribution in [-0.2, 0) is 0 Å². The average molecular weight is 367 g/mol. The highest BCUT2D eigenvalue weighted by molar-refractivity contribution is 5.95. The number of ether oxygens (including phenoxy) is 1.